The Labute approximate surface area is 292 Å². The average molecular weight is 663 g/mol. The molecule has 0 amide bonds. The van der Waals surface area contributed by atoms with Gasteiger partial charge in [-0.3, -0.25) is 9.59 Å². The van der Waals surface area contributed by atoms with Crippen LogP contribution in [0.2, 0.25) is 0 Å². The zero-order valence-electron chi connectivity index (χ0n) is 31.3. The summed E-state index contributed by atoms with van der Waals surface area (Å²) in [4.78, 5) is 24.2. The molecule has 5 nitrogen and oxygen atoms in total. The van der Waals surface area contributed by atoms with Crippen LogP contribution in [0.1, 0.15) is 213 Å². The van der Waals surface area contributed by atoms with Gasteiger partial charge >= 0.3 is 11.9 Å². The number of unbranched alkanes of at least 4 members (excludes halogenated alkanes) is 25. The van der Waals surface area contributed by atoms with E-state index >= 15 is 0 Å². The predicted octanol–water partition coefficient (Wildman–Crippen LogP) is 12.7. The molecule has 1 N–H and O–H groups in total. The molecule has 276 valence electrons. The maximum absolute atomic E-state index is 12.2. The summed E-state index contributed by atoms with van der Waals surface area (Å²) in [5.41, 5.74) is 0. The van der Waals surface area contributed by atoms with Gasteiger partial charge in [-0.1, -0.05) is 179 Å². The van der Waals surface area contributed by atoms with Crippen molar-refractivity contribution in [3.05, 3.63) is 24.3 Å². The standard InChI is InChI=1S/C42H78O5/c1-3-5-7-9-11-13-15-17-18-19-20-21-22-23-24-25-27-29-31-33-35-37-42(45)47-40(38-43)39-46-41(44)36-34-32-30-28-26-16-14-12-10-8-6-4-2/h15,17,19-20,40,43H,3-14,16,18,21-39H2,1-2H3/b17-15-,20-19-. The number of allylic oxidation sites excluding steroid dienone is 4. The first-order chi connectivity index (χ1) is 23.1. The van der Waals surface area contributed by atoms with Crippen LogP contribution in [0, 0.1) is 0 Å². The maximum Gasteiger partial charge on any atom is 0.306 e. The van der Waals surface area contributed by atoms with Crippen LogP contribution in [-0.2, 0) is 19.1 Å². The summed E-state index contributed by atoms with van der Waals surface area (Å²) in [5, 5.41) is 9.55. The largest absolute Gasteiger partial charge is 0.462 e. The average Bonchev–Trinajstić information content (AvgIpc) is 3.07. The lowest BCUT2D eigenvalue weighted by Crippen LogP contribution is -2.28. The number of carbonyl (C=O) groups excluding carboxylic acids is 2. The number of ether oxygens (including phenoxy) is 2. The number of carbonyl (C=O) groups is 2. The Bertz CT molecular complexity index is 716. The lowest BCUT2D eigenvalue weighted by Gasteiger charge is -2.15. The fraction of sp³-hybridized carbons (Fsp3) is 0.857. The van der Waals surface area contributed by atoms with Crippen LogP contribution in [-0.4, -0.2) is 36.4 Å². The molecule has 0 bridgehead atoms. The van der Waals surface area contributed by atoms with Gasteiger partial charge in [0.15, 0.2) is 6.10 Å². The number of rotatable bonds is 37. The van der Waals surface area contributed by atoms with E-state index in [1.807, 2.05) is 0 Å². The second kappa shape index (κ2) is 38.8. The van der Waals surface area contributed by atoms with E-state index in [1.165, 1.54) is 141 Å². The van der Waals surface area contributed by atoms with Crippen molar-refractivity contribution in [2.45, 2.75) is 219 Å². The topological polar surface area (TPSA) is 72.8 Å². The fourth-order valence-electron chi connectivity index (χ4n) is 5.88. The van der Waals surface area contributed by atoms with Gasteiger partial charge in [0.1, 0.15) is 6.61 Å². The minimum absolute atomic E-state index is 0.0632. The van der Waals surface area contributed by atoms with Crippen molar-refractivity contribution in [1.82, 2.24) is 0 Å². The first-order valence-corrected chi connectivity index (χ1v) is 20.4. The van der Waals surface area contributed by atoms with Crippen LogP contribution >= 0.6 is 0 Å². The summed E-state index contributed by atoms with van der Waals surface area (Å²) in [5.74, 6) is -0.589. The molecule has 0 aromatic carbocycles. The van der Waals surface area contributed by atoms with E-state index in [2.05, 4.69) is 38.2 Å². The highest BCUT2D eigenvalue weighted by Gasteiger charge is 2.16. The van der Waals surface area contributed by atoms with Crippen molar-refractivity contribution in [3.63, 3.8) is 0 Å². The molecule has 0 aliphatic carbocycles. The molecular formula is C42H78O5. The van der Waals surface area contributed by atoms with Crippen molar-refractivity contribution in [3.8, 4) is 0 Å². The van der Waals surface area contributed by atoms with Gasteiger partial charge in [-0.05, 0) is 44.9 Å². The molecule has 0 spiro atoms. The highest BCUT2D eigenvalue weighted by Crippen LogP contribution is 2.14. The Hall–Kier alpha value is -1.62. The summed E-state index contributed by atoms with van der Waals surface area (Å²) in [6.45, 7) is 4.13. The Kier molecular flexibility index (Phi) is 37.5. The van der Waals surface area contributed by atoms with E-state index in [1.54, 1.807) is 0 Å². The second-order valence-electron chi connectivity index (χ2n) is 13.7. The van der Waals surface area contributed by atoms with Crippen molar-refractivity contribution in [2.24, 2.45) is 0 Å². The molecule has 0 aliphatic rings. The third-order valence-electron chi connectivity index (χ3n) is 9.00. The van der Waals surface area contributed by atoms with Crippen LogP contribution < -0.4 is 0 Å². The maximum atomic E-state index is 12.2. The Morgan fingerprint density at radius 1 is 0.489 bits per heavy atom. The first kappa shape index (κ1) is 45.4. The summed E-state index contributed by atoms with van der Waals surface area (Å²) < 4.78 is 10.6. The zero-order valence-corrected chi connectivity index (χ0v) is 31.3. The molecule has 0 fully saturated rings. The van der Waals surface area contributed by atoms with Gasteiger partial charge in [-0.15, -0.1) is 0 Å². The summed E-state index contributed by atoms with van der Waals surface area (Å²) in [7, 11) is 0. The highest BCUT2D eigenvalue weighted by atomic mass is 16.6. The molecule has 0 radical (unpaired) electrons. The number of hydrogen-bond acceptors (Lipinski definition) is 5. The normalized spacial score (nSPS) is 12.3. The minimum Gasteiger partial charge on any atom is -0.462 e. The molecule has 0 rings (SSSR count). The van der Waals surface area contributed by atoms with Crippen LogP contribution in [0.5, 0.6) is 0 Å². The van der Waals surface area contributed by atoms with Gasteiger partial charge in [0.25, 0.3) is 0 Å². The van der Waals surface area contributed by atoms with Crippen molar-refractivity contribution < 1.29 is 24.2 Å². The van der Waals surface area contributed by atoms with E-state index < -0.39 is 6.10 Å². The molecule has 0 heterocycles. The molecule has 0 aromatic rings. The zero-order chi connectivity index (χ0) is 34.3. The van der Waals surface area contributed by atoms with Gasteiger partial charge in [-0.25, -0.2) is 0 Å². The summed E-state index contributed by atoms with van der Waals surface area (Å²) >= 11 is 0. The smallest absolute Gasteiger partial charge is 0.306 e. The van der Waals surface area contributed by atoms with Crippen LogP contribution in [0.25, 0.3) is 0 Å². The third-order valence-corrected chi connectivity index (χ3v) is 9.00. The fourth-order valence-corrected chi connectivity index (χ4v) is 5.88. The van der Waals surface area contributed by atoms with Crippen molar-refractivity contribution >= 4 is 11.9 Å². The van der Waals surface area contributed by atoms with Gasteiger partial charge in [0.05, 0.1) is 6.61 Å². The Morgan fingerprint density at radius 3 is 1.26 bits per heavy atom. The predicted molar refractivity (Wildman–Crippen MR) is 201 cm³/mol. The van der Waals surface area contributed by atoms with Gasteiger partial charge in [0, 0.05) is 12.8 Å². The van der Waals surface area contributed by atoms with E-state index in [9.17, 15) is 14.7 Å². The number of hydrogen-bond donors (Lipinski definition) is 1. The van der Waals surface area contributed by atoms with Crippen LogP contribution in [0.3, 0.4) is 0 Å². The highest BCUT2D eigenvalue weighted by molar-refractivity contribution is 5.70. The SMILES string of the molecule is CCCCCCC/C=C\C/C=C\CCCCCCCCCCCC(=O)OC(CO)COC(=O)CCCCCCCCCCCCCC. The molecule has 1 unspecified atom stereocenters. The number of aliphatic hydroxyl groups excluding tert-OH is 1. The van der Waals surface area contributed by atoms with E-state index in [-0.39, 0.29) is 25.2 Å². The minimum atomic E-state index is -0.768. The van der Waals surface area contributed by atoms with E-state index in [4.69, 9.17) is 9.47 Å². The summed E-state index contributed by atoms with van der Waals surface area (Å²) in [6.07, 6.45) is 45.2. The molecular weight excluding hydrogens is 584 g/mol. The van der Waals surface area contributed by atoms with Crippen molar-refractivity contribution in [2.75, 3.05) is 13.2 Å². The lowest BCUT2D eigenvalue weighted by atomic mass is 10.0. The first-order valence-electron chi connectivity index (χ1n) is 20.4. The molecule has 0 saturated carbocycles. The molecule has 1 atom stereocenters. The van der Waals surface area contributed by atoms with Gasteiger partial charge in [-0.2, -0.15) is 0 Å². The molecule has 0 aromatic heterocycles. The van der Waals surface area contributed by atoms with E-state index in [0.29, 0.717) is 12.8 Å². The number of aliphatic hydroxyl groups is 1. The van der Waals surface area contributed by atoms with Crippen LogP contribution in [0.4, 0.5) is 0 Å². The third kappa shape index (κ3) is 37.1. The summed E-state index contributed by atoms with van der Waals surface area (Å²) in [6, 6.07) is 0. The van der Waals surface area contributed by atoms with E-state index in [0.717, 1.165) is 44.9 Å². The van der Waals surface area contributed by atoms with Gasteiger partial charge < -0.3 is 14.6 Å². The quantitative estimate of drug-likeness (QED) is 0.0407. The number of esters is 2. The second-order valence-corrected chi connectivity index (χ2v) is 13.7. The molecule has 5 heteroatoms. The lowest BCUT2D eigenvalue weighted by molar-refractivity contribution is -0.161. The Balaban J connectivity index is 3.52. The molecule has 47 heavy (non-hydrogen) atoms. The van der Waals surface area contributed by atoms with Crippen molar-refractivity contribution in [1.29, 1.82) is 0 Å². The Morgan fingerprint density at radius 2 is 0.851 bits per heavy atom. The van der Waals surface area contributed by atoms with Crippen LogP contribution in [0.15, 0.2) is 24.3 Å². The van der Waals surface area contributed by atoms with Gasteiger partial charge in [0.2, 0.25) is 0 Å². The molecule has 0 aliphatic heterocycles. The molecule has 0 saturated heterocycles. The monoisotopic (exact) mass is 663 g/mol.